The number of hydrogen-bond donors (Lipinski definition) is 3. The second-order valence-corrected chi connectivity index (χ2v) is 7.32. The zero-order chi connectivity index (χ0) is 18.4. The molecule has 1 atom stereocenters. The Morgan fingerprint density at radius 2 is 1.84 bits per heavy atom. The van der Waals surface area contributed by atoms with Gasteiger partial charge in [0.25, 0.3) is 0 Å². The predicted octanol–water partition coefficient (Wildman–Crippen LogP) is 2.84. The molecular weight excluding hydrogens is 314 g/mol. The number of amides is 3. The molecule has 3 amide bonds. The van der Waals surface area contributed by atoms with Crippen LogP contribution < -0.4 is 16.0 Å². The molecule has 2 rings (SSSR count). The van der Waals surface area contributed by atoms with Gasteiger partial charge >= 0.3 is 6.03 Å². The number of hydrogen-bond acceptors (Lipinski definition) is 2. The SMILES string of the molecule is CNC(=O)C1CCC(NC(=O)NC(C)Cc2ccc(C)cc2C)CC1. The Balaban J connectivity index is 1.75. The monoisotopic (exact) mass is 345 g/mol. The Bertz CT molecular complexity index is 607. The second-order valence-electron chi connectivity index (χ2n) is 7.32. The third kappa shape index (κ3) is 5.76. The third-order valence-electron chi connectivity index (χ3n) is 5.08. The normalized spacial score (nSPS) is 21.3. The molecule has 1 unspecified atom stereocenters. The average Bonchev–Trinajstić information content (AvgIpc) is 2.57. The van der Waals surface area contributed by atoms with Crippen molar-refractivity contribution in [3.63, 3.8) is 0 Å². The van der Waals surface area contributed by atoms with Gasteiger partial charge in [0, 0.05) is 25.0 Å². The Kier molecular flexibility index (Phi) is 6.85. The quantitative estimate of drug-likeness (QED) is 0.768. The molecule has 5 nitrogen and oxygen atoms in total. The van der Waals surface area contributed by atoms with Gasteiger partial charge in [0.1, 0.15) is 0 Å². The van der Waals surface area contributed by atoms with Gasteiger partial charge in [-0.3, -0.25) is 4.79 Å². The van der Waals surface area contributed by atoms with Crippen molar-refractivity contribution >= 4 is 11.9 Å². The molecule has 138 valence electrons. The minimum Gasteiger partial charge on any atom is -0.359 e. The van der Waals surface area contributed by atoms with Crippen LogP contribution in [-0.4, -0.2) is 31.1 Å². The van der Waals surface area contributed by atoms with Gasteiger partial charge in [-0.15, -0.1) is 0 Å². The van der Waals surface area contributed by atoms with Crippen LogP contribution in [0.2, 0.25) is 0 Å². The number of carbonyl (C=O) groups excluding carboxylic acids is 2. The lowest BCUT2D eigenvalue weighted by atomic mass is 9.85. The van der Waals surface area contributed by atoms with Crippen molar-refractivity contribution in [3.8, 4) is 0 Å². The van der Waals surface area contributed by atoms with E-state index in [2.05, 4.69) is 48.0 Å². The molecule has 0 bridgehead atoms. The Hall–Kier alpha value is -2.04. The molecule has 0 aliphatic heterocycles. The van der Waals surface area contributed by atoms with Crippen LogP contribution in [0.1, 0.15) is 49.3 Å². The summed E-state index contributed by atoms with van der Waals surface area (Å²) in [6.07, 6.45) is 4.21. The second kappa shape index (κ2) is 8.88. The van der Waals surface area contributed by atoms with E-state index in [1.807, 2.05) is 6.92 Å². The molecule has 0 saturated heterocycles. The molecule has 1 aliphatic carbocycles. The van der Waals surface area contributed by atoms with E-state index < -0.39 is 0 Å². The van der Waals surface area contributed by atoms with Gasteiger partial charge in [-0.05, 0) is 64.0 Å². The maximum absolute atomic E-state index is 12.2. The van der Waals surface area contributed by atoms with Crippen LogP contribution in [0, 0.1) is 19.8 Å². The van der Waals surface area contributed by atoms with E-state index in [9.17, 15) is 9.59 Å². The van der Waals surface area contributed by atoms with E-state index in [-0.39, 0.29) is 29.9 Å². The fraction of sp³-hybridized carbons (Fsp3) is 0.600. The fourth-order valence-electron chi connectivity index (χ4n) is 3.61. The van der Waals surface area contributed by atoms with E-state index in [0.29, 0.717) is 0 Å². The summed E-state index contributed by atoms with van der Waals surface area (Å²) in [6.45, 7) is 6.23. The van der Waals surface area contributed by atoms with E-state index in [1.165, 1.54) is 16.7 Å². The van der Waals surface area contributed by atoms with Gasteiger partial charge < -0.3 is 16.0 Å². The van der Waals surface area contributed by atoms with Gasteiger partial charge in [0.05, 0.1) is 0 Å². The lowest BCUT2D eigenvalue weighted by Gasteiger charge is -2.28. The first kappa shape index (κ1) is 19.3. The molecule has 3 N–H and O–H groups in total. The summed E-state index contributed by atoms with van der Waals surface area (Å²) >= 11 is 0. The van der Waals surface area contributed by atoms with Gasteiger partial charge in [0.15, 0.2) is 0 Å². The topological polar surface area (TPSA) is 70.2 Å². The summed E-state index contributed by atoms with van der Waals surface area (Å²) in [5.74, 6) is 0.208. The van der Waals surface area contributed by atoms with E-state index in [0.717, 1.165) is 32.1 Å². The summed E-state index contributed by atoms with van der Waals surface area (Å²) in [5.41, 5.74) is 3.79. The molecular formula is C20H31N3O2. The van der Waals surface area contributed by atoms with Gasteiger partial charge in [-0.25, -0.2) is 4.79 Å². The molecule has 0 radical (unpaired) electrons. The molecule has 1 aliphatic rings. The molecule has 1 aromatic rings. The predicted molar refractivity (Wildman–Crippen MR) is 101 cm³/mol. The number of carbonyl (C=O) groups is 2. The molecule has 0 heterocycles. The molecule has 0 aromatic heterocycles. The van der Waals surface area contributed by atoms with Gasteiger partial charge in [-0.2, -0.15) is 0 Å². The zero-order valence-corrected chi connectivity index (χ0v) is 15.8. The van der Waals surface area contributed by atoms with Gasteiger partial charge in [-0.1, -0.05) is 23.8 Å². The fourth-order valence-corrected chi connectivity index (χ4v) is 3.61. The van der Waals surface area contributed by atoms with Crippen LogP contribution in [-0.2, 0) is 11.2 Å². The van der Waals surface area contributed by atoms with E-state index in [4.69, 9.17) is 0 Å². The zero-order valence-electron chi connectivity index (χ0n) is 15.8. The van der Waals surface area contributed by atoms with Crippen molar-refractivity contribution < 1.29 is 9.59 Å². The van der Waals surface area contributed by atoms with Crippen molar-refractivity contribution in [1.82, 2.24) is 16.0 Å². The molecule has 1 saturated carbocycles. The van der Waals surface area contributed by atoms with Crippen molar-refractivity contribution in [3.05, 3.63) is 34.9 Å². The van der Waals surface area contributed by atoms with Crippen LogP contribution in [0.4, 0.5) is 4.79 Å². The maximum Gasteiger partial charge on any atom is 0.315 e. The summed E-state index contributed by atoms with van der Waals surface area (Å²) in [5, 5.41) is 8.80. The lowest BCUT2D eigenvalue weighted by Crippen LogP contribution is -2.47. The summed E-state index contributed by atoms with van der Waals surface area (Å²) < 4.78 is 0. The minimum absolute atomic E-state index is 0.0728. The number of rotatable bonds is 5. The molecule has 0 spiro atoms. The van der Waals surface area contributed by atoms with Crippen LogP contribution in [0.25, 0.3) is 0 Å². The van der Waals surface area contributed by atoms with Crippen LogP contribution in [0.3, 0.4) is 0 Å². The number of nitrogens with one attached hydrogen (secondary N) is 3. The molecule has 25 heavy (non-hydrogen) atoms. The standard InChI is InChI=1S/C20H31N3O2/c1-13-5-6-17(14(2)11-13)12-15(3)22-20(25)23-18-9-7-16(8-10-18)19(24)21-4/h5-6,11,15-16,18H,7-10,12H2,1-4H3,(H,21,24)(H2,22,23,25). The Morgan fingerprint density at radius 3 is 2.44 bits per heavy atom. The highest BCUT2D eigenvalue weighted by Crippen LogP contribution is 2.24. The summed E-state index contributed by atoms with van der Waals surface area (Å²) in [4.78, 5) is 23.9. The summed E-state index contributed by atoms with van der Waals surface area (Å²) in [7, 11) is 1.68. The highest BCUT2D eigenvalue weighted by Gasteiger charge is 2.26. The van der Waals surface area contributed by atoms with Crippen molar-refractivity contribution in [2.24, 2.45) is 5.92 Å². The Morgan fingerprint density at radius 1 is 1.16 bits per heavy atom. The van der Waals surface area contributed by atoms with E-state index in [1.54, 1.807) is 7.05 Å². The first-order chi connectivity index (χ1) is 11.9. The first-order valence-corrected chi connectivity index (χ1v) is 9.23. The number of urea groups is 1. The Labute approximate surface area is 151 Å². The largest absolute Gasteiger partial charge is 0.359 e. The van der Waals surface area contributed by atoms with Gasteiger partial charge in [0.2, 0.25) is 5.91 Å². The first-order valence-electron chi connectivity index (χ1n) is 9.23. The van der Waals surface area contributed by atoms with Crippen molar-refractivity contribution in [1.29, 1.82) is 0 Å². The number of aryl methyl sites for hydroxylation is 2. The highest BCUT2D eigenvalue weighted by atomic mass is 16.2. The summed E-state index contributed by atoms with van der Waals surface area (Å²) in [6, 6.07) is 6.55. The van der Waals surface area contributed by atoms with E-state index >= 15 is 0 Å². The molecule has 5 heteroatoms. The minimum atomic E-state index is -0.111. The number of benzene rings is 1. The average molecular weight is 345 g/mol. The molecule has 1 aromatic carbocycles. The van der Waals surface area contributed by atoms with Crippen LogP contribution in [0.15, 0.2) is 18.2 Å². The van der Waals surface area contributed by atoms with Crippen molar-refractivity contribution in [2.75, 3.05) is 7.05 Å². The van der Waals surface area contributed by atoms with Crippen molar-refractivity contribution in [2.45, 2.75) is 65.0 Å². The smallest absolute Gasteiger partial charge is 0.315 e. The van der Waals surface area contributed by atoms with Crippen LogP contribution >= 0.6 is 0 Å². The third-order valence-corrected chi connectivity index (χ3v) is 5.08. The molecule has 1 fully saturated rings. The highest BCUT2D eigenvalue weighted by molar-refractivity contribution is 5.78. The maximum atomic E-state index is 12.2. The van der Waals surface area contributed by atoms with Crippen LogP contribution in [0.5, 0.6) is 0 Å². The lowest BCUT2D eigenvalue weighted by molar-refractivity contribution is -0.125.